The standard InChI is InChI=1S/C24H21N2O.C24H20NO.C23H19N2O.C23H18NO/c1-14-6-8-18(16(3)11-14)21-9-10-22-23(26(21)4)19-13-17-7-5-15(2)12-20(17)25-24(19)27-22;1-15-8-9-19(16(2)12-15)22-11-10-20-21-13-17-6-4-5-7-18(17)14-23(21)26-24(20)25(22)3;1-14-8-9-17(15(2)12-14)20-10-11-21-22(25(20)3)18-13-16-6-4-5-7-19(16)24-23(18)26-21;1-15-7-3-6-10-18(15)21-12-11-19-20-13-16-8-4-5-9-17(16)14-22(20)25-23(19)24(21)2/h5-13H,1-4H3;4-14H,1-3H3;4-13H,1-3H3;3-14H,1-2H3/q4*+1/i3*1D3;. The first-order valence-electron chi connectivity index (χ1n) is 39.2. The summed E-state index contributed by atoms with van der Waals surface area (Å²) in [7, 11) is 8.06. The van der Waals surface area contributed by atoms with Crippen LogP contribution in [-0.2, 0) is 28.2 Å². The number of rotatable bonds is 4. The number of benzene rings is 10. The number of aromatic nitrogens is 6. The summed E-state index contributed by atoms with van der Waals surface area (Å²) in [5, 5.41) is 13.3. The molecule has 10 nitrogen and oxygen atoms in total. The van der Waals surface area contributed by atoms with Crippen LogP contribution in [0.5, 0.6) is 0 Å². The molecule has 0 bridgehead atoms. The van der Waals surface area contributed by atoms with Gasteiger partial charge < -0.3 is 17.7 Å². The smallest absolute Gasteiger partial charge is 0.381 e. The predicted molar refractivity (Wildman–Crippen MR) is 425 cm³/mol. The molecule has 20 rings (SSSR count). The SMILES string of the molecule is Cc1ccccc1-c1ccc2c3cc4ccccc4cc3oc2[n+]1C.[2H]C([2H])([2H])c1ccc(-c2ccc3c4cc5ccccc5cc4oc3[n+]2C)c(C)c1.[2H]C([2H])([2H])c1ccc(-c2ccc3oc4nc5cc(C)ccc5cc4c3[n+]2C)c(C)c1.[2H]C([2H])([2H])c1ccc(-c2ccc3oc4nc5ccccc5cc4c3[n+]2C)c(C)c1. The summed E-state index contributed by atoms with van der Waals surface area (Å²) in [6.07, 6.45) is 0. The van der Waals surface area contributed by atoms with Gasteiger partial charge in [0.2, 0.25) is 45.4 Å². The zero-order chi connectivity index (χ0) is 78.8. The molecule has 10 aromatic carbocycles. The molecular weight excluding hydrogens is 1280 g/mol. The van der Waals surface area contributed by atoms with E-state index in [1.54, 1.807) is 36.4 Å². The second kappa shape index (κ2) is 25.7. The normalized spacial score (nSPS) is 13.3. The fraction of sp³-hybridized carbons (Fsp3) is 0.128. The molecular formula is C94H78N6O4+4. The lowest BCUT2D eigenvalue weighted by atomic mass is 10.0. The molecule has 10 heteroatoms. The van der Waals surface area contributed by atoms with E-state index in [-0.39, 0.29) is 0 Å². The molecule has 0 atom stereocenters. The number of nitrogens with zero attached hydrogens (tertiary/aromatic N) is 6. The minimum absolute atomic E-state index is 0.354. The van der Waals surface area contributed by atoms with E-state index in [0.29, 0.717) is 28.1 Å². The third-order valence-electron chi connectivity index (χ3n) is 20.4. The first-order chi connectivity index (χ1) is 54.1. The molecule has 0 radical (unpaired) electrons. The van der Waals surface area contributed by atoms with Crippen molar-refractivity contribution in [1.82, 2.24) is 9.97 Å². The minimum Gasteiger partial charge on any atom is -0.431 e. The number of pyridine rings is 6. The van der Waals surface area contributed by atoms with Gasteiger partial charge in [-0.2, -0.15) is 18.3 Å². The van der Waals surface area contributed by atoms with Crippen molar-refractivity contribution in [2.75, 3.05) is 0 Å². The average Bonchev–Trinajstić information content (AvgIpc) is 1.63. The number of fused-ring (bicyclic) bond motifs is 16. The topological polar surface area (TPSA) is 93.9 Å². The quantitative estimate of drug-likeness (QED) is 0.163. The predicted octanol–water partition coefficient (Wildman–Crippen LogP) is 22.2. The average molecular weight is 1360 g/mol. The van der Waals surface area contributed by atoms with Crippen LogP contribution in [0.2, 0.25) is 0 Å². The Labute approximate surface area is 614 Å². The lowest BCUT2D eigenvalue weighted by Gasteiger charge is -2.06. The van der Waals surface area contributed by atoms with Crippen molar-refractivity contribution >= 4 is 132 Å². The zero-order valence-electron chi connectivity index (χ0n) is 68.1. The van der Waals surface area contributed by atoms with E-state index >= 15 is 0 Å². The maximum absolute atomic E-state index is 7.65. The molecule has 0 fully saturated rings. The Balaban J connectivity index is 0.000000109. The van der Waals surface area contributed by atoms with Gasteiger partial charge in [0.15, 0.2) is 0 Å². The molecule has 10 aromatic heterocycles. The third-order valence-corrected chi connectivity index (χ3v) is 20.4. The van der Waals surface area contributed by atoms with Crippen LogP contribution >= 0.6 is 0 Å². The molecule has 0 aliphatic heterocycles. The number of hydrogen-bond acceptors (Lipinski definition) is 6. The number of hydrogen-bond donors (Lipinski definition) is 0. The van der Waals surface area contributed by atoms with Gasteiger partial charge in [-0.05, 0) is 202 Å². The van der Waals surface area contributed by atoms with Crippen LogP contribution < -0.4 is 18.3 Å². The molecule has 10 heterocycles. The van der Waals surface area contributed by atoms with Gasteiger partial charge >= 0.3 is 11.4 Å². The first kappa shape index (κ1) is 55.1. The molecule has 0 aliphatic rings. The zero-order valence-corrected chi connectivity index (χ0v) is 59.1. The molecule has 0 amide bonds. The second-order valence-corrected chi connectivity index (χ2v) is 27.2. The first-order valence-corrected chi connectivity index (χ1v) is 34.7. The Bertz CT molecular complexity index is 7270. The fourth-order valence-electron chi connectivity index (χ4n) is 15.1. The van der Waals surface area contributed by atoms with Crippen LogP contribution in [0.1, 0.15) is 56.8 Å². The lowest BCUT2D eigenvalue weighted by Crippen LogP contribution is -2.31. The van der Waals surface area contributed by atoms with Crippen LogP contribution in [0, 0.1) is 55.2 Å². The van der Waals surface area contributed by atoms with Crippen molar-refractivity contribution in [2.45, 2.75) is 55.2 Å². The number of furan rings is 4. The summed E-state index contributed by atoms with van der Waals surface area (Å²) in [5.41, 5.74) is 24.6. The van der Waals surface area contributed by atoms with E-state index in [0.717, 1.165) is 161 Å². The fourth-order valence-corrected chi connectivity index (χ4v) is 15.1. The largest absolute Gasteiger partial charge is 0.431 e. The molecule has 104 heavy (non-hydrogen) atoms. The lowest BCUT2D eigenvalue weighted by molar-refractivity contribution is -0.640. The summed E-state index contributed by atoms with van der Waals surface area (Å²) in [6, 6.07) is 84.6. The van der Waals surface area contributed by atoms with Crippen molar-refractivity contribution in [3.05, 3.63) is 299 Å². The highest BCUT2D eigenvalue weighted by Gasteiger charge is 2.27. The highest BCUT2D eigenvalue weighted by molar-refractivity contribution is 6.11. The molecule has 504 valence electrons. The van der Waals surface area contributed by atoms with Gasteiger partial charge in [-0.1, -0.05) is 150 Å². The van der Waals surface area contributed by atoms with Crippen LogP contribution in [0.3, 0.4) is 0 Å². The molecule has 0 saturated carbocycles. The second-order valence-electron chi connectivity index (χ2n) is 27.2. The molecule has 0 saturated heterocycles. The molecule has 0 aliphatic carbocycles. The van der Waals surface area contributed by atoms with Gasteiger partial charge in [-0.15, -0.1) is 0 Å². The van der Waals surface area contributed by atoms with Crippen molar-refractivity contribution in [1.29, 1.82) is 0 Å². The van der Waals surface area contributed by atoms with Gasteiger partial charge in [-0.3, -0.25) is 0 Å². The van der Waals surface area contributed by atoms with Gasteiger partial charge in [-0.25, -0.2) is 9.97 Å². The van der Waals surface area contributed by atoms with Gasteiger partial charge in [0.25, 0.3) is 11.0 Å². The Kier molecular flexibility index (Phi) is 13.6. The van der Waals surface area contributed by atoms with E-state index in [1.807, 2.05) is 125 Å². The van der Waals surface area contributed by atoms with Crippen molar-refractivity contribution in [3.63, 3.8) is 0 Å². The van der Waals surface area contributed by atoms with Crippen LogP contribution in [0.25, 0.3) is 177 Å². The Morgan fingerprint density at radius 1 is 0.269 bits per heavy atom. The maximum Gasteiger partial charge on any atom is 0.381 e. The van der Waals surface area contributed by atoms with Crippen LogP contribution in [0.4, 0.5) is 0 Å². The van der Waals surface area contributed by atoms with E-state index in [1.165, 1.54) is 32.7 Å². The van der Waals surface area contributed by atoms with Crippen molar-refractivity contribution in [2.24, 2.45) is 28.2 Å². The van der Waals surface area contributed by atoms with E-state index in [9.17, 15) is 0 Å². The highest BCUT2D eigenvalue weighted by Crippen LogP contribution is 2.37. The Hall–Kier alpha value is -12.7. The maximum atomic E-state index is 7.65. The van der Waals surface area contributed by atoms with E-state index < -0.39 is 20.6 Å². The molecule has 0 N–H and O–H groups in total. The molecule has 0 spiro atoms. The Morgan fingerprint density at radius 2 is 0.644 bits per heavy atom. The summed E-state index contributed by atoms with van der Waals surface area (Å²) in [6.45, 7) is 3.71. The molecule has 0 unspecified atom stereocenters. The van der Waals surface area contributed by atoms with Crippen LogP contribution in [-0.4, -0.2) is 9.97 Å². The summed E-state index contributed by atoms with van der Waals surface area (Å²) in [5.74, 6) is 0. The van der Waals surface area contributed by atoms with Gasteiger partial charge in [0.1, 0.15) is 50.1 Å². The van der Waals surface area contributed by atoms with Crippen molar-refractivity contribution in [3.8, 4) is 45.0 Å². The summed E-state index contributed by atoms with van der Waals surface area (Å²) >= 11 is 0. The van der Waals surface area contributed by atoms with E-state index in [4.69, 9.17) is 35.0 Å². The highest BCUT2D eigenvalue weighted by atomic mass is 16.4. The van der Waals surface area contributed by atoms with Gasteiger partial charge in [0, 0.05) is 80.4 Å². The van der Waals surface area contributed by atoms with Crippen LogP contribution in [0.15, 0.2) is 272 Å². The Morgan fingerprint density at radius 3 is 1.11 bits per heavy atom. The molecule has 20 aromatic rings. The van der Waals surface area contributed by atoms with E-state index in [2.05, 4.69) is 179 Å². The van der Waals surface area contributed by atoms with Crippen molar-refractivity contribution < 1.29 is 48.3 Å². The number of aryl methyl sites for hydroxylation is 12. The summed E-state index contributed by atoms with van der Waals surface area (Å²) < 4.78 is 102. The third kappa shape index (κ3) is 11.4. The number of para-hydroxylation sites is 1. The minimum atomic E-state index is -2.11. The van der Waals surface area contributed by atoms with Gasteiger partial charge in [0.05, 0.1) is 21.8 Å². The summed E-state index contributed by atoms with van der Waals surface area (Å²) in [4.78, 5) is 9.41. The monoisotopic (exact) mass is 1360 g/mol.